The highest BCUT2D eigenvalue weighted by Gasteiger charge is 2.57. The summed E-state index contributed by atoms with van der Waals surface area (Å²) in [4.78, 5) is 14.4. The van der Waals surface area contributed by atoms with E-state index in [0.29, 0.717) is 5.02 Å². The van der Waals surface area contributed by atoms with Gasteiger partial charge in [0, 0.05) is 38.3 Å². The lowest BCUT2D eigenvalue weighted by Gasteiger charge is -2.38. The van der Waals surface area contributed by atoms with Crippen molar-refractivity contribution in [1.82, 2.24) is 10.6 Å². The standard InChI is InChI=1S/C24H33BrClN3O3S/c1-23(2,3)11-18-24(27,19-10-15(25)13-33-19)20(14-5-4-6-16(26)9-14)21(29-18)22(32)28-8-7-17(31)12-30/h4-6,9-10,13,17-18,20-21,29-31H,7-8,11-12,27H2,1-3H3,(H,28,32). The van der Waals surface area contributed by atoms with Gasteiger partial charge in [-0.3, -0.25) is 4.79 Å². The van der Waals surface area contributed by atoms with Crippen molar-refractivity contribution in [3.63, 3.8) is 0 Å². The lowest BCUT2D eigenvalue weighted by Crippen LogP contribution is -2.51. The first-order valence-electron chi connectivity index (χ1n) is 11.1. The fourth-order valence-corrected chi connectivity index (χ4v) is 6.44. The van der Waals surface area contributed by atoms with Gasteiger partial charge >= 0.3 is 0 Å². The number of nitrogens with two attached hydrogens (primary N) is 1. The maximum absolute atomic E-state index is 13.4. The van der Waals surface area contributed by atoms with E-state index in [-0.39, 0.29) is 42.9 Å². The first-order valence-corrected chi connectivity index (χ1v) is 13.1. The second kappa shape index (κ2) is 10.7. The van der Waals surface area contributed by atoms with Gasteiger partial charge in [-0.1, -0.05) is 44.5 Å². The van der Waals surface area contributed by atoms with Crippen LogP contribution >= 0.6 is 38.9 Å². The number of hydrogen-bond donors (Lipinski definition) is 5. The average Bonchev–Trinajstić information content (AvgIpc) is 3.29. The zero-order valence-electron chi connectivity index (χ0n) is 19.1. The maximum Gasteiger partial charge on any atom is 0.237 e. The highest BCUT2D eigenvalue weighted by Crippen LogP contribution is 2.50. The highest BCUT2D eigenvalue weighted by molar-refractivity contribution is 9.10. The summed E-state index contributed by atoms with van der Waals surface area (Å²) in [6.07, 6.45) is 0.174. The van der Waals surface area contributed by atoms with E-state index in [1.165, 1.54) is 0 Å². The molecule has 1 amide bonds. The fourth-order valence-electron chi connectivity index (χ4n) is 4.61. The average molecular weight is 559 g/mol. The Morgan fingerprint density at radius 2 is 2.12 bits per heavy atom. The second-order valence-electron chi connectivity index (χ2n) is 9.97. The molecule has 5 unspecified atom stereocenters. The van der Waals surface area contributed by atoms with Crippen LogP contribution in [0.4, 0.5) is 0 Å². The van der Waals surface area contributed by atoms with Crippen molar-refractivity contribution in [3.05, 3.63) is 55.6 Å². The van der Waals surface area contributed by atoms with Crippen molar-refractivity contribution in [2.75, 3.05) is 13.2 Å². The first kappa shape index (κ1) is 26.6. The Hall–Kier alpha value is -1.000. The van der Waals surface area contributed by atoms with Crippen LogP contribution in [0.3, 0.4) is 0 Å². The van der Waals surface area contributed by atoms with Crippen molar-refractivity contribution in [3.8, 4) is 0 Å². The van der Waals surface area contributed by atoms with Crippen LogP contribution in [0.1, 0.15) is 50.0 Å². The van der Waals surface area contributed by atoms with E-state index in [4.69, 9.17) is 22.4 Å². The van der Waals surface area contributed by atoms with Crippen molar-refractivity contribution in [2.45, 2.75) is 63.3 Å². The molecule has 0 aliphatic carbocycles. The van der Waals surface area contributed by atoms with Crippen LogP contribution in [0.5, 0.6) is 0 Å². The Morgan fingerprint density at radius 1 is 1.39 bits per heavy atom. The monoisotopic (exact) mass is 557 g/mol. The maximum atomic E-state index is 13.4. The van der Waals surface area contributed by atoms with Gasteiger partial charge in [-0.2, -0.15) is 0 Å². The van der Waals surface area contributed by atoms with E-state index in [0.717, 1.165) is 21.3 Å². The minimum absolute atomic E-state index is 0.0216. The van der Waals surface area contributed by atoms with Gasteiger partial charge in [-0.05, 0) is 57.9 Å². The number of hydrogen-bond acceptors (Lipinski definition) is 6. The van der Waals surface area contributed by atoms with E-state index in [2.05, 4.69) is 47.3 Å². The number of halogens is 2. The number of thiophene rings is 1. The number of amides is 1. The molecule has 9 heteroatoms. The molecule has 0 saturated carbocycles. The second-order valence-corrected chi connectivity index (χ2v) is 12.2. The molecule has 1 aromatic heterocycles. The minimum atomic E-state index is -0.865. The van der Waals surface area contributed by atoms with Crippen LogP contribution in [0.15, 0.2) is 40.2 Å². The zero-order valence-corrected chi connectivity index (χ0v) is 22.3. The van der Waals surface area contributed by atoms with Gasteiger partial charge in [-0.15, -0.1) is 11.3 Å². The summed E-state index contributed by atoms with van der Waals surface area (Å²) < 4.78 is 0.956. The predicted octanol–water partition coefficient (Wildman–Crippen LogP) is 3.74. The van der Waals surface area contributed by atoms with Gasteiger partial charge in [0.2, 0.25) is 5.91 Å². The van der Waals surface area contributed by atoms with Gasteiger partial charge in [-0.25, -0.2) is 0 Å². The largest absolute Gasteiger partial charge is 0.394 e. The Bertz CT molecular complexity index is 966. The summed E-state index contributed by atoms with van der Waals surface area (Å²) in [5.74, 6) is -0.552. The number of aliphatic hydroxyl groups is 2. The Balaban J connectivity index is 2.05. The molecule has 1 fully saturated rings. The van der Waals surface area contributed by atoms with E-state index < -0.39 is 17.7 Å². The summed E-state index contributed by atoms with van der Waals surface area (Å²) in [7, 11) is 0. The molecule has 182 valence electrons. The molecule has 1 saturated heterocycles. The molecule has 1 aliphatic heterocycles. The molecule has 0 bridgehead atoms. The molecule has 2 heterocycles. The number of nitrogens with one attached hydrogen (secondary N) is 2. The topological polar surface area (TPSA) is 108 Å². The Labute approximate surface area is 213 Å². The molecule has 6 N–H and O–H groups in total. The third kappa shape index (κ3) is 6.17. The van der Waals surface area contributed by atoms with Crippen molar-refractivity contribution in [1.29, 1.82) is 0 Å². The molecule has 1 aliphatic rings. The lowest BCUT2D eigenvalue weighted by molar-refractivity contribution is -0.123. The molecule has 0 radical (unpaired) electrons. The van der Waals surface area contributed by atoms with E-state index in [1.807, 2.05) is 35.7 Å². The van der Waals surface area contributed by atoms with Crippen molar-refractivity contribution >= 4 is 44.8 Å². The third-order valence-electron chi connectivity index (χ3n) is 6.09. The minimum Gasteiger partial charge on any atom is -0.394 e. The van der Waals surface area contributed by atoms with Crippen LogP contribution in [0, 0.1) is 5.41 Å². The molecule has 5 atom stereocenters. The predicted molar refractivity (Wildman–Crippen MR) is 138 cm³/mol. The number of benzene rings is 1. The van der Waals surface area contributed by atoms with Crippen LogP contribution < -0.4 is 16.4 Å². The molecule has 1 aromatic carbocycles. The number of carbonyl (C=O) groups is 1. The molecule has 6 nitrogen and oxygen atoms in total. The number of carbonyl (C=O) groups excluding carboxylic acids is 1. The quantitative estimate of drug-likeness (QED) is 0.339. The van der Waals surface area contributed by atoms with Crippen LogP contribution in [0.2, 0.25) is 5.02 Å². The Kier molecular flexibility index (Phi) is 8.65. The van der Waals surface area contributed by atoms with Crippen molar-refractivity contribution in [2.24, 2.45) is 11.1 Å². The van der Waals surface area contributed by atoms with Gasteiger partial charge in [0.05, 0.1) is 24.3 Å². The fraction of sp³-hybridized carbons (Fsp3) is 0.542. The summed E-state index contributed by atoms with van der Waals surface area (Å²) in [6, 6.07) is 8.83. The zero-order chi connectivity index (χ0) is 24.4. The van der Waals surface area contributed by atoms with E-state index in [1.54, 1.807) is 11.3 Å². The van der Waals surface area contributed by atoms with Crippen LogP contribution in [-0.2, 0) is 10.3 Å². The Morgan fingerprint density at radius 3 is 2.70 bits per heavy atom. The molecular weight excluding hydrogens is 526 g/mol. The lowest BCUT2D eigenvalue weighted by atomic mass is 9.71. The highest BCUT2D eigenvalue weighted by atomic mass is 79.9. The normalized spacial score (nSPS) is 26.4. The van der Waals surface area contributed by atoms with E-state index >= 15 is 0 Å². The molecule has 33 heavy (non-hydrogen) atoms. The molecule has 0 spiro atoms. The van der Waals surface area contributed by atoms with Crippen LogP contribution in [-0.4, -0.2) is 47.5 Å². The summed E-state index contributed by atoms with van der Waals surface area (Å²) >= 11 is 11.5. The first-order chi connectivity index (χ1) is 15.5. The van der Waals surface area contributed by atoms with Gasteiger partial charge in [0.25, 0.3) is 0 Å². The van der Waals surface area contributed by atoms with Gasteiger partial charge in [0.15, 0.2) is 0 Å². The number of rotatable bonds is 8. The summed E-state index contributed by atoms with van der Waals surface area (Å²) in [5.41, 5.74) is 7.36. The van der Waals surface area contributed by atoms with E-state index in [9.17, 15) is 9.90 Å². The summed E-state index contributed by atoms with van der Waals surface area (Å²) in [6.45, 7) is 6.41. The van der Waals surface area contributed by atoms with Crippen molar-refractivity contribution < 1.29 is 15.0 Å². The summed E-state index contributed by atoms with van der Waals surface area (Å²) in [5, 5.41) is 27.8. The van der Waals surface area contributed by atoms with Gasteiger partial charge in [0.1, 0.15) is 0 Å². The van der Waals surface area contributed by atoms with Crippen LogP contribution in [0.25, 0.3) is 0 Å². The molecular formula is C24H33BrClN3O3S. The van der Waals surface area contributed by atoms with Gasteiger partial charge < -0.3 is 26.6 Å². The SMILES string of the molecule is CC(C)(C)CC1NC(C(=O)NCCC(O)CO)C(c2cccc(Cl)c2)C1(N)c1cc(Br)cs1. The molecule has 2 aromatic rings. The number of aliphatic hydroxyl groups excluding tert-OH is 2. The smallest absolute Gasteiger partial charge is 0.237 e. The third-order valence-corrected chi connectivity index (χ3v) is 8.19. The molecule has 3 rings (SSSR count).